The molecule has 2 N–H and O–H groups in total. The number of hydrogen-bond acceptors (Lipinski definition) is 5. The van der Waals surface area contributed by atoms with E-state index in [9.17, 15) is 18.0 Å². The Labute approximate surface area is 185 Å². The zero-order valence-electron chi connectivity index (χ0n) is 18.5. The number of carboxylic acid groups (broad SMARTS) is 1. The SMILES string of the molecule is COCCOCC(=O)N[C@@H]1c2ccccc2[C@@H]2CN(CC(C)C)C[C@H]12.O=C(O)C(F)(F)F. The van der Waals surface area contributed by atoms with Crippen molar-refractivity contribution in [1.82, 2.24) is 10.2 Å². The molecule has 1 heterocycles. The number of nitrogens with zero attached hydrogens (tertiary/aromatic N) is 1. The number of amides is 1. The van der Waals surface area contributed by atoms with Crippen LogP contribution < -0.4 is 5.32 Å². The molecule has 10 heteroatoms. The van der Waals surface area contributed by atoms with Crippen LogP contribution in [0.15, 0.2) is 24.3 Å². The molecule has 1 amide bonds. The molecule has 1 saturated heterocycles. The highest BCUT2D eigenvalue weighted by Crippen LogP contribution is 2.49. The quantitative estimate of drug-likeness (QED) is 0.580. The van der Waals surface area contributed by atoms with Gasteiger partial charge in [-0.1, -0.05) is 38.1 Å². The fourth-order valence-electron chi connectivity index (χ4n) is 4.32. The maximum atomic E-state index is 12.3. The van der Waals surface area contributed by atoms with E-state index in [2.05, 4.69) is 48.3 Å². The van der Waals surface area contributed by atoms with E-state index < -0.39 is 12.1 Å². The van der Waals surface area contributed by atoms with Gasteiger partial charge in [-0.2, -0.15) is 13.2 Å². The van der Waals surface area contributed by atoms with E-state index in [1.807, 2.05) is 0 Å². The molecular weight excluding hydrogens is 429 g/mol. The number of methoxy groups -OCH3 is 1. The monoisotopic (exact) mass is 460 g/mol. The van der Waals surface area contributed by atoms with Crippen LogP contribution in [0.5, 0.6) is 0 Å². The minimum atomic E-state index is -5.08. The van der Waals surface area contributed by atoms with Gasteiger partial charge in [0.15, 0.2) is 0 Å². The van der Waals surface area contributed by atoms with Crippen LogP contribution in [0.25, 0.3) is 0 Å². The van der Waals surface area contributed by atoms with Crippen LogP contribution in [-0.4, -0.2) is 74.6 Å². The topological polar surface area (TPSA) is 88.1 Å². The lowest BCUT2D eigenvalue weighted by Crippen LogP contribution is -2.36. The summed E-state index contributed by atoms with van der Waals surface area (Å²) in [6, 6.07) is 8.67. The molecule has 7 nitrogen and oxygen atoms in total. The van der Waals surface area contributed by atoms with Crippen LogP contribution in [0.4, 0.5) is 13.2 Å². The van der Waals surface area contributed by atoms with Crippen molar-refractivity contribution in [3.8, 4) is 0 Å². The van der Waals surface area contributed by atoms with Gasteiger partial charge in [0.2, 0.25) is 5.91 Å². The lowest BCUT2D eigenvalue weighted by Gasteiger charge is -2.23. The normalized spacial score (nSPS) is 22.2. The Balaban J connectivity index is 0.000000451. The maximum Gasteiger partial charge on any atom is 0.490 e. The van der Waals surface area contributed by atoms with Crippen LogP contribution in [0, 0.1) is 11.8 Å². The van der Waals surface area contributed by atoms with E-state index in [1.54, 1.807) is 7.11 Å². The third kappa shape index (κ3) is 7.18. The Morgan fingerprint density at radius 1 is 1.19 bits per heavy atom. The number of alkyl halides is 3. The summed E-state index contributed by atoms with van der Waals surface area (Å²) < 4.78 is 42.0. The lowest BCUT2D eigenvalue weighted by molar-refractivity contribution is -0.192. The summed E-state index contributed by atoms with van der Waals surface area (Å²) >= 11 is 0. The molecule has 32 heavy (non-hydrogen) atoms. The van der Waals surface area contributed by atoms with Gasteiger partial charge in [-0.3, -0.25) is 4.79 Å². The van der Waals surface area contributed by atoms with E-state index >= 15 is 0 Å². The second-order valence-corrected chi connectivity index (χ2v) is 8.41. The first-order valence-corrected chi connectivity index (χ1v) is 10.5. The van der Waals surface area contributed by atoms with Gasteiger partial charge in [-0.25, -0.2) is 4.79 Å². The third-order valence-electron chi connectivity index (χ3n) is 5.45. The summed E-state index contributed by atoms with van der Waals surface area (Å²) in [5, 5.41) is 10.4. The van der Waals surface area contributed by atoms with Gasteiger partial charge in [0.05, 0.1) is 19.3 Å². The molecule has 0 radical (unpaired) electrons. The van der Waals surface area contributed by atoms with Crippen LogP contribution in [-0.2, 0) is 19.1 Å². The van der Waals surface area contributed by atoms with Crippen LogP contribution >= 0.6 is 0 Å². The summed E-state index contributed by atoms with van der Waals surface area (Å²) in [4.78, 5) is 23.8. The van der Waals surface area contributed by atoms with Crippen LogP contribution in [0.3, 0.4) is 0 Å². The van der Waals surface area contributed by atoms with Gasteiger partial charge in [-0.15, -0.1) is 0 Å². The Bertz CT molecular complexity index is 772. The summed E-state index contributed by atoms with van der Waals surface area (Å²) in [7, 11) is 1.63. The highest BCUT2D eigenvalue weighted by molar-refractivity contribution is 5.78. The Kier molecular flexibility index (Phi) is 9.47. The highest BCUT2D eigenvalue weighted by Gasteiger charge is 2.46. The van der Waals surface area contributed by atoms with Gasteiger partial charge in [0.25, 0.3) is 0 Å². The van der Waals surface area contributed by atoms with Crippen molar-refractivity contribution in [2.45, 2.75) is 32.0 Å². The lowest BCUT2D eigenvalue weighted by atomic mass is 9.94. The molecule has 180 valence electrons. The Morgan fingerprint density at radius 3 is 2.38 bits per heavy atom. The van der Waals surface area contributed by atoms with Crippen molar-refractivity contribution < 1.29 is 37.3 Å². The minimum Gasteiger partial charge on any atom is -0.475 e. The predicted octanol–water partition coefficient (Wildman–Crippen LogP) is 2.83. The van der Waals surface area contributed by atoms with Crippen LogP contribution in [0.1, 0.15) is 36.9 Å². The fraction of sp³-hybridized carbons (Fsp3) is 0.636. The van der Waals surface area contributed by atoms with E-state index in [4.69, 9.17) is 19.4 Å². The van der Waals surface area contributed by atoms with E-state index in [0.29, 0.717) is 31.0 Å². The Morgan fingerprint density at radius 2 is 1.81 bits per heavy atom. The van der Waals surface area contributed by atoms with Gasteiger partial charge < -0.3 is 24.8 Å². The molecular formula is C22H31F3N2O5. The van der Waals surface area contributed by atoms with Gasteiger partial charge in [-0.05, 0) is 17.0 Å². The number of halogens is 3. The predicted molar refractivity (Wildman–Crippen MR) is 111 cm³/mol. The first-order valence-electron chi connectivity index (χ1n) is 10.5. The number of benzene rings is 1. The second kappa shape index (κ2) is 11.6. The minimum absolute atomic E-state index is 0.0427. The molecule has 1 aromatic carbocycles. The average molecular weight is 460 g/mol. The van der Waals surface area contributed by atoms with Crippen LogP contribution in [0.2, 0.25) is 0 Å². The number of nitrogens with one attached hydrogen (secondary N) is 1. The van der Waals surface area contributed by atoms with E-state index in [1.165, 1.54) is 11.1 Å². The zero-order chi connectivity index (χ0) is 23.9. The molecule has 0 aromatic heterocycles. The molecule has 3 atom stereocenters. The van der Waals surface area contributed by atoms with Crippen molar-refractivity contribution in [1.29, 1.82) is 0 Å². The third-order valence-corrected chi connectivity index (χ3v) is 5.45. The maximum absolute atomic E-state index is 12.3. The number of hydrogen-bond donors (Lipinski definition) is 2. The van der Waals surface area contributed by atoms with E-state index in [-0.39, 0.29) is 18.6 Å². The second-order valence-electron chi connectivity index (χ2n) is 8.41. The number of likely N-dealkylation sites (tertiary alicyclic amines) is 1. The molecule has 0 bridgehead atoms. The number of carbonyl (C=O) groups is 2. The Hall–Kier alpha value is -2.17. The number of carboxylic acids is 1. The molecule has 1 aliphatic heterocycles. The highest BCUT2D eigenvalue weighted by atomic mass is 19.4. The number of aliphatic carboxylic acids is 1. The first kappa shape index (κ1) is 26.1. The standard InChI is InChI=1S/C20H30N2O3.C2HF3O2/c1-14(2)10-22-11-17-15-6-4-5-7-16(15)20(18(17)12-22)21-19(23)13-25-9-8-24-3;3-2(4,5)1(6)7/h4-7,14,17-18,20H,8-13H2,1-3H3,(H,21,23);(H,6,7)/t17-,18-,20+;/m0./s1. The molecule has 2 aliphatic rings. The summed E-state index contributed by atoms with van der Waals surface area (Å²) in [5.74, 6) is -1.16. The number of carbonyl (C=O) groups excluding carboxylic acids is 1. The van der Waals surface area contributed by atoms with Crippen molar-refractivity contribution in [3.05, 3.63) is 35.4 Å². The zero-order valence-corrected chi connectivity index (χ0v) is 18.5. The summed E-state index contributed by atoms with van der Waals surface area (Å²) in [6.45, 7) is 8.83. The number of rotatable bonds is 8. The van der Waals surface area contributed by atoms with Crippen molar-refractivity contribution in [3.63, 3.8) is 0 Å². The van der Waals surface area contributed by atoms with Crippen molar-refractivity contribution in [2.24, 2.45) is 11.8 Å². The largest absolute Gasteiger partial charge is 0.490 e. The average Bonchev–Trinajstić information content (AvgIpc) is 3.22. The molecule has 1 aliphatic carbocycles. The first-order chi connectivity index (χ1) is 15.0. The van der Waals surface area contributed by atoms with Gasteiger partial charge in [0, 0.05) is 38.6 Å². The number of ether oxygens (including phenoxy) is 2. The molecule has 1 fully saturated rings. The molecule has 0 saturated carbocycles. The molecule has 1 aromatic rings. The number of fused-ring (bicyclic) bond motifs is 3. The molecule has 0 unspecified atom stereocenters. The summed E-state index contributed by atoms with van der Waals surface area (Å²) in [6.07, 6.45) is -5.08. The van der Waals surface area contributed by atoms with E-state index in [0.717, 1.165) is 19.6 Å². The molecule has 3 rings (SSSR count). The fourth-order valence-corrected chi connectivity index (χ4v) is 4.32. The van der Waals surface area contributed by atoms with Gasteiger partial charge in [0.1, 0.15) is 6.61 Å². The van der Waals surface area contributed by atoms with Crippen molar-refractivity contribution >= 4 is 11.9 Å². The summed E-state index contributed by atoms with van der Waals surface area (Å²) in [5.41, 5.74) is 2.69. The molecule has 0 spiro atoms. The smallest absolute Gasteiger partial charge is 0.475 e. The van der Waals surface area contributed by atoms with Gasteiger partial charge >= 0.3 is 12.1 Å². The van der Waals surface area contributed by atoms with Crippen molar-refractivity contribution in [2.75, 3.05) is 46.6 Å².